The molecule has 0 aliphatic rings. The van der Waals surface area contributed by atoms with Gasteiger partial charge in [0.25, 0.3) is 5.91 Å². The van der Waals surface area contributed by atoms with Crippen LogP contribution in [0, 0.1) is 0 Å². The van der Waals surface area contributed by atoms with Crippen LogP contribution in [0.15, 0.2) is 42.5 Å². The first-order valence-corrected chi connectivity index (χ1v) is 8.44. The maximum absolute atomic E-state index is 12.2. The van der Waals surface area contributed by atoms with Gasteiger partial charge < -0.3 is 21.1 Å². The SMILES string of the molecule is CC(C)(C)OC(=O)CNC(=O)c1ccc(Nc2ccccc2Cl)c(N)c1. The second-order valence-electron chi connectivity index (χ2n) is 6.68. The third kappa shape index (κ3) is 5.67. The molecule has 6 nitrogen and oxygen atoms in total. The zero-order valence-corrected chi connectivity index (χ0v) is 15.7. The molecule has 4 N–H and O–H groups in total. The summed E-state index contributed by atoms with van der Waals surface area (Å²) in [5.74, 6) is -0.914. The Kier molecular flexibility index (Phi) is 6.10. The number of hydrogen-bond donors (Lipinski definition) is 3. The Morgan fingerprint density at radius 1 is 1.12 bits per heavy atom. The van der Waals surface area contributed by atoms with Gasteiger partial charge in [-0.3, -0.25) is 9.59 Å². The van der Waals surface area contributed by atoms with E-state index in [9.17, 15) is 9.59 Å². The quantitative estimate of drug-likeness (QED) is 0.546. The fraction of sp³-hybridized carbons (Fsp3) is 0.263. The Morgan fingerprint density at radius 2 is 1.81 bits per heavy atom. The van der Waals surface area contributed by atoms with E-state index in [1.165, 1.54) is 6.07 Å². The summed E-state index contributed by atoms with van der Waals surface area (Å²) >= 11 is 6.11. The molecule has 138 valence electrons. The highest BCUT2D eigenvalue weighted by atomic mass is 35.5. The summed E-state index contributed by atoms with van der Waals surface area (Å²) in [6.07, 6.45) is 0. The molecule has 0 unspecified atom stereocenters. The lowest BCUT2D eigenvalue weighted by Gasteiger charge is -2.19. The van der Waals surface area contributed by atoms with Gasteiger partial charge in [-0.15, -0.1) is 0 Å². The van der Waals surface area contributed by atoms with Gasteiger partial charge in [-0.25, -0.2) is 0 Å². The summed E-state index contributed by atoms with van der Waals surface area (Å²) in [6, 6.07) is 12.1. The Bertz CT molecular complexity index is 816. The molecule has 0 radical (unpaired) electrons. The lowest BCUT2D eigenvalue weighted by atomic mass is 10.1. The molecule has 0 aromatic heterocycles. The molecule has 0 bridgehead atoms. The highest BCUT2D eigenvalue weighted by Crippen LogP contribution is 2.28. The fourth-order valence-electron chi connectivity index (χ4n) is 2.16. The molecule has 0 fully saturated rings. The number of benzene rings is 2. The molecule has 7 heteroatoms. The summed E-state index contributed by atoms with van der Waals surface area (Å²) < 4.78 is 5.14. The number of nitrogens with one attached hydrogen (secondary N) is 2. The van der Waals surface area contributed by atoms with E-state index in [2.05, 4.69) is 10.6 Å². The third-order valence-corrected chi connectivity index (χ3v) is 3.60. The van der Waals surface area contributed by atoms with Gasteiger partial charge in [0.2, 0.25) is 0 Å². The number of amides is 1. The van der Waals surface area contributed by atoms with Crippen LogP contribution in [0.1, 0.15) is 31.1 Å². The summed E-state index contributed by atoms with van der Waals surface area (Å²) in [4.78, 5) is 23.8. The van der Waals surface area contributed by atoms with Crippen molar-refractivity contribution in [3.8, 4) is 0 Å². The van der Waals surface area contributed by atoms with Crippen molar-refractivity contribution >= 4 is 40.5 Å². The molecule has 2 rings (SSSR count). The van der Waals surface area contributed by atoms with Gasteiger partial charge in [-0.05, 0) is 51.1 Å². The Labute approximate surface area is 157 Å². The molecule has 0 saturated heterocycles. The van der Waals surface area contributed by atoms with Crippen molar-refractivity contribution in [1.29, 1.82) is 0 Å². The van der Waals surface area contributed by atoms with Gasteiger partial charge in [-0.2, -0.15) is 0 Å². The number of hydrogen-bond acceptors (Lipinski definition) is 5. The van der Waals surface area contributed by atoms with E-state index in [4.69, 9.17) is 22.1 Å². The van der Waals surface area contributed by atoms with Gasteiger partial charge in [-0.1, -0.05) is 23.7 Å². The van der Waals surface area contributed by atoms with Gasteiger partial charge in [0, 0.05) is 5.56 Å². The molecule has 0 aliphatic carbocycles. The van der Waals surface area contributed by atoms with E-state index in [1.807, 2.05) is 18.2 Å². The minimum atomic E-state index is -0.599. The van der Waals surface area contributed by atoms with Crippen LogP contribution in [-0.2, 0) is 9.53 Å². The van der Waals surface area contributed by atoms with Crippen molar-refractivity contribution in [3.05, 3.63) is 53.1 Å². The van der Waals surface area contributed by atoms with Gasteiger partial charge >= 0.3 is 5.97 Å². The first-order chi connectivity index (χ1) is 12.2. The zero-order chi connectivity index (χ0) is 19.3. The summed E-state index contributed by atoms with van der Waals surface area (Å²) in [7, 11) is 0. The third-order valence-electron chi connectivity index (χ3n) is 3.27. The number of ether oxygens (including phenoxy) is 1. The fourth-order valence-corrected chi connectivity index (χ4v) is 2.34. The number of halogens is 1. The molecule has 26 heavy (non-hydrogen) atoms. The minimum absolute atomic E-state index is 0.213. The molecular formula is C19H22ClN3O3. The number of rotatable bonds is 5. The van der Waals surface area contributed by atoms with E-state index in [0.29, 0.717) is 27.6 Å². The standard InChI is InChI=1S/C19H22ClN3O3/c1-19(2,3)26-17(24)11-22-18(25)12-8-9-16(14(21)10-12)23-15-7-5-4-6-13(15)20/h4-10,23H,11,21H2,1-3H3,(H,22,25). The van der Waals surface area contributed by atoms with Crippen molar-refractivity contribution in [2.24, 2.45) is 0 Å². The van der Waals surface area contributed by atoms with Crippen LogP contribution in [0.5, 0.6) is 0 Å². The predicted octanol–water partition coefficient (Wildman–Crippen LogP) is 3.74. The highest BCUT2D eigenvalue weighted by Gasteiger charge is 2.17. The second kappa shape index (κ2) is 8.10. The summed E-state index contributed by atoms with van der Waals surface area (Å²) in [5, 5.41) is 6.20. The highest BCUT2D eigenvalue weighted by molar-refractivity contribution is 6.33. The second-order valence-corrected chi connectivity index (χ2v) is 7.08. The number of nitrogens with two attached hydrogens (primary N) is 1. The molecule has 0 spiro atoms. The molecule has 0 aliphatic heterocycles. The van der Waals surface area contributed by atoms with Crippen LogP contribution < -0.4 is 16.4 Å². The van der Waals surface area contributed by atoms with E-state index < -0.39 is 17.5 Å². The van der Waals surface area contributed by atoms with Crippen LogP contribution in [0.2, 0.25) is 5.02 Å². The number of carbonyl (C=O) groups is 2. The molecular weight excluding hydrogens is 354 g/mol. The van der Waals surface area contributed by atoms with E-state index in [0.717, 1.165) is 0 Å². The van der Waals surface area contributed by atoms with Crippen LogP contribution in [-0.4, -0.2) is 24.0 Å². The van der Waals surface area contributed by atoms with Crippen molar-refractivity contribution in [2.75, 3.05) is 17.6 Å². The predicted molar refractivity (Wildman–Crippen MR) is 104 cm³/mol. The number of esters is 1. The number of para-hydroxylation sites is 1. The van der Waals surface area contributed by atoms with Crippen molar-refractivity contribution in [2.45, 2.75) is 26.4 Å². The number of anilines is 3. The lowest BCUT2D eigenvalue weighted by Crippen LogP contribution is -2.34. The van der Waals surface area contributed by atoms with Crippen LogP contribution in [0.4, 0.5) is 17.1 Å². The molecule has 0 atom stereocenters. The topological polar surface area (TPSA) is 93.4 Å². The summed E-state index contributed by atoms with van der Waals surface area (Å²) in [6.45, 7) is 5.07. The maximum atomic E-state index is 12.2. The number of carbonyl (C=O) groups excluding carboxylic acids is 2. The average molecular weight is 376 g/mol. The average Bonchev–Trinajstić information content (AvgIpc) is 2.55. The van der Waals surface area contributed by atoms with E-state index >= 15 is 0 Å². The monoisotopic (exact) mass is 375 g/mol. The zero-order valence-electron chi connectivity index (χ0n) is 14.9. The van der Waals surface area contributed by atoms with E-state index in [-0.39, 0.29) is 6.54 Å². The first kappa shape index (κ1) is 19.6. The van der Waals surface area contributed by atoms with Crippen LogP contribution in [0.25, 0.3) is 0 Å². The Balaban J connectivity index is 2.01. The van der Waals surface area contributed by atoms with Gasteiger partial charge in [0.15, 0.2) is 0 Å². The first-order valence-electron chi connectivity index (χ1n) is 8.07. The largest absolute Gasteiger partial charge is 0.459 e. The maximum Gasteiger partial charge on any atom is 0.325 e. The molecule has 2 aromatic rings. The van der Waals surface area contributed by atoms with E-state index in [1.54, 1.807) is 39.0 Å². The van der Waals surface area contributed by atoms with Crippen molar-refractivity contribution < 1.29 is 14.3 Å². The molecule has 1 amide bonds. The summed E-state index contributed by atoms with van der Waals surface area (Å²) in [5.41, 5.74) is 7.49. The Hall–Kier alpha value is -2.73. The molecule has 0 heterocycles. The minimum Gasteiger partial charge on any atom is -0.459 e. The van der Waals surface area contributed by atoms with Crippen molar-refractivity contribution in [3.63, 3.8) is 0 Å². The lowest BCUT2D eigenvalue weighted by molar-refractivity contribution is -0.153. The van der Waals surface area contributed by atoms with Crippen LogP contribution >= 0.6 is 11.6 Å². The normalized spacial score (nSPS) is 10.9. The number of nitrogen functional groups attached to an aromatic ring is 1. The Morgan fingerprint density at radius 3 is 2.42 bits per heavy atom. The smallest absolute Gasteiger partial charge is 0.325 e. The van der Waals surface area contributed by atoms with Gasteiger partial charge in [0.1, 0.15) is 12.1 Å². The molecule has 0 saturated carbocycles. The van der Waals surface area contributed by atoms with Crippen molar-refractivity contribution in [1.82, 2.24) is 5.32 Å². The van der Waals surface area contributed by atoms with Crippen LogP contribution in [0.3, 0.4) is 0 Å². The molecule has 2 aromatic carbocycles. The van der Waals surface area contributed by atoms with Gasteiger partial charge in [0.05, 0.1) is 22.1 Å².